The number of likely N-dealkylation sites (tertiary alicyclic amines) is 1. The highest BCUT2D eigenvalue weighted by molar-refractivity contribution is 14.0. The Bertz CT molecular complexity index is 69.7. The van der Waals surface area contributed by atoms with E-state index in [4.69, 9.17) is 0 Å². The first-order valence-electron chi connectivity index (χ1n) is 4.16. The number of halogens is 1. The van der Waals surface area contributed by atoms with Gasteiger partial charge in [-0.1, -0.05) is 13.3 Å². The second kappa shape index (κ2) is 6.40. The number of unbranched alkanes of at least 4 members (excludes halogenated alkanes) is 1. The van der Waals surface area contributed by atoms with E-state index in [0.29, 0.717) is 0 Å². The van der Waals surface area contributed by atoms with Gasteiger partial charge < -0.3 is 4.90 Å². The Balaban J connectivity index is 0.000000810. The van der Waals surface area contributed by atoms with Crippen LogP contribution in [0.15, 0.2) is 0 Å². The van der Waals surface area contributed by atoms with E-state index in [1.165, 1.54) is 45.3 Å². The van der Waals surface area contributed by atoms with Crippen LogP contribution in [-0.4, -0.2) is 24.5 Å². The lowest BCUT2D eigenvalue weighted by Gasteiger charge is -2.12. The molecule has 0 aromatic rings. The zero-order valence-corrected chi connectivity index (χ0v) is 9.14. The van der Waals surface area contributed by atoms with Crippen LogP contribution in [0.5, 0.6) is 0 Å². The van der Waals surface area contributed by atoms with E-state index < -0.39 is 0 Å². The summed E-state index contributed by atoms with van der Waals surface area (Å²) in [6.07, 6.45) is 5.60. The summed E-state index contributed by atoms with van der Waals surface area (Å²) in [7, 11) is 0. The summed E-state index contributed by atoms with van der Waals surface area (Å²) in [5.41, 5.74) is 0. The molecule has 0 aromatic carbocycles. The largest absolute Gasteiger partial charge is 0.303 e. The quantitative estimate of drug-likeness (QED) is 0.700. The molecule has 0 unspecified atom stereocenters. The predicted octanol–water partition coefficient (Wildman–Crippen LogP) is 2.50. The standard InChI is InChI=1S/C8H17N.HI/c1-2-3-6-9-7-4-5-8-9;/h2-8H2,1H3;1H. The Labute approximate surface area is 81.2 Å². The van der Waals surface area contributed by atoms with E-state index in [1.54, 1.807) is 0 Å². The van der Waals surface area contributed by atoms with Crippen molar-refractivity contribution in [3.8, 4) is 0 Å². The Hall–Kier alpha value is 0.690. The molecule has 0 spiro atoms. The van der Waals surface area contributed by atoms with E-state index >= 15 is 0 Å². The first-order chi connectivity index (χ1) is 4.43. The minimum absolute atomic E-state index is 0. The Morgan fingerprint density at radius 3 is 2.30 bits per heavy atom. The van der Waals surface area contributed by atoms with E-state index in [2.05, 4.69) is 11.8 Å². The second-order valence-electron chi connectivity index (χ2n) is 2.90. The molecule has 1 aliphatic heterocycles. The Kier molecular flexibility index (Phi) is 6.85. The first kappa shape index (κ1) is 10.7. The minimum Gasteiger partial charge on any atom is -0.303 e. The van der Waals surface area contributed by atoms with Crippen LogP contribution in [0.3, 0.4) is 0 Å². The van der Waals surface area contributed by atoms with E-state index in [-0.39, 0.29) is 24.0 Å². The van der Waals surface area contributed by atoms with Crippen LogP contribution in [-0.2, 0) is 0 Å². The molecule has 0 radical (unpaired) electrons. The average molecular weight is 255 g/mol. The Morgan fingerprint density at radius 1 is 1.20 bits per heavy atom. The lowest BCUT2D eigenvalue weighted by molar-refractivity contribution is 0.332. The van der Waals surface area contributed by atoms with E-state index in [0.717, 1.165) is 0 Å². The molecule has 0 amide bonds. The van der Waals surface area contributed by atoms with Gasteiger partial charge in [0.05, 0.1) is 0 Å². The van der Waals surface area contributed by atoms with Crippen molar-refractivity contribution in [1.29, 1.82) is 0 Å². The van der Waals surface area contributed by atoms with Gasteiger partial charge >= 0.3 is 0 Å². The fourth-order valence-corrected chi connectivity index (χ4v) is 1.39. The third kappa shape index (κ3) is 3.76. The third-order valence-corrected chi connectivity index (χ3v) is 2.03. The fourth-order valence-electron chi connectivity index (χ4n) is 1.39. The van der Waals surface area contributed by atoms with Gasteiger partial charge in [-0.05, 0) is 38.9 Å². The molecule has 10 heavy (non-hydrogen) atoms. The van der Waals surface area contributed by atoms with Gasteiger partial charge in [-0.3, -0.25) is 0 Å². The molecule has 0 bridgehead atoms. The maximum Gasteiger partial charge on any atom is -0.00183 e. The molecule has 0 atom stereocenters. The zero-order chi connectivity index (χ0) is 6.53. The van der Waals surface area contributed by atoms with E-state index in [1.807, 2.05) is 0 Å². The highest BCUT2D eigenvalue weighted by atomic mass is 127. The molecular formula is C8H18IN. The van der Waals surface area contributed by atoms with Gasteiger partial charge in [0.15, 0.2) is 0 Å². The van der Waals surface area contributed by atoms with Gasteiger partial charge in [-0.2, -0.15) is 0 Å². The lowest BCUT2D eigenvalue weighted by Crippen LogP contribution is -2.19. The van der Waals surface area contributed by atoms with Gasteiger partial charge in [-0.15, -0.1) is 24.0 Å². The van der Waals surface area contributed by atoms with Crippen LogP contribution >= 0.6 is 24.0 Å². The van der Waals surface area contributed by atoms with E-state index in [9.17, 15) is 0 Å². The molecular weight excluding hydrogens is 237 g/mol. The highest BCUT2D eigenvalue weighted by Gasteiger charge is 2.08. The molecule has 0 aromatic heterocycles. The van der Waals surface area contributed by atoms with Crippen molar-refractivity contribution in [3.05, 3.63) is 0 Å². The maximum atomic E-state index is 2.57. The van der Waals surface area contributed by atoms with Crippen molar-refractivity contribution in [1.82, 2.24) is 4.90 Å². The summed E-state index contributed by atoms with van der Waals surface area (Å²) in [5, 5.41) is 0. The SMILES string of the molecule is CCCCN1CCCC1.I. The van der Waals surface area contributed by atoms with Gasteiger partial charge in [0.25, 0.3) is 0 Å². The normalized spacial score (nSPS) is 18.9. The van der Waals surface area contributed by atoms with Gasteiger partial charge in [-0.25, -0.2) is 0 Å². The summed E-state index contributed by atoms with van der Waals surface area (Å²) in [6.45, 7) is 6.33. The number of nitrogens with zero attached hydrogens (tertiary/aromatic N) is 1. The molecule has 1 nitrogen and oxygen atoms in total. The topological polar surface area (TPSA) is 3.24 Å². The van der Waals surface area contributed by atoms with Crippen molar-refractivity contribution in [2.45, 2.75) is 32.6 Å². The highest BCUT2D eigenvalue weighted by Crippen LogP contribution is 2.07. The van der Waals surface area contributed by atoms with Crippen molar-refractivity contribution in [3.63, 3.8) is 0 Å². The minimum atomic E-state index is 0. The predicted molar refractivity (Wildman–Crippen MR) is 56.0 cm³/mol. The zero-order valence-electron chi connectivity index (χ0n) is 6.81. The van der Waals surface area contributed by atoms with Gasteiger partial charge in [0.2, 0.25) is 0 Å². The van der Waals surface area contributed by atoms with Crippen molar-refractivity contribution in [2.75, 3.05) is 19.6 Å². The molecule has 2 heteroatoms. The average Bonchev–Trinajstić information content (AvgIpc) is 2.34. The van der Waals surface area contributed by atoms with Gasteiger partial charge in [0, 0.05) is 0 Å². The first-order valence-corrected chi connectivity index (χ1v) is 4.16. The molecule has 1 rings (SSSR count). The molecule has 62 valence electrons. The summed E-state index contributed by atoms with van der Waals surface area (Å²) in [4.78, 5) is 2.57. The summed E-state index contributed by atoms with van der Waals surface area (Å²) in [5.74, 6) is 0. The lowest BCUT2D eigenvalue weighted by atomic mass is 10.3. The second-order valence-corrected chi connectivity index (χ2v) is 2.90. The smallest absolute Gasteiger partial charge is 0.00183 e. The molecule has 0 N–H and O–H groups in total. The van der Waals surface area contributed by atoms with Gasteiger partial charge in [0.1, 0.15) is 0 Å². The summed E-state index contributed by atoms with van der Waals surface area (Å²) < 4.78 is 0. The third-order valence-electron chi connectivity index (χ3n) is 2.03. The fraction of sp³-hybridized carbons (Fsp3) is 1.00. The molecule has 1 saturated heterocycles. The van der Waals surface area contributed by atoms with Crippen LogP contribution in [0.2, 0.25) is 0 Å². The van der Waals surface area contributed by atoms with Crippen LogP contribution in [0.4, 0.5) is 0 Å². The van der Waals surface area contributed by atoms with Crippen molar-refractivity contribution in [2.24, 2.45) is 0 Å². The monoisotopic (exact) mass is 255 g/mol. The van der Waals surface area contributed by atoms with Crippen LogP contribution in [0, 0.1) is 0 Å². The molecule has 1 aliphatic rings. The number of hydrogen-bond acceptors (Lipinski definition) is 1. The van der Waals surface area contributed by atoms with Crippen molar-refractivity contribution < 1.29 is 0 Å². The van der Waals surface area contributed by atoms with Crippen LogP contribution in [0.25, 0.3) is 0 Å². The number of hydrogen-bond donors (Lipinski definition) is 0. The van der Waals surface area contributed by atoms with Crippen molar-refractivity contribution >= 4 is 24.0 Å². The molecule has 0 aliphatic carbocycles. The number of rotatable bonds is 3. The van der Waals surface area contributed by atoms with Crippen LogP contribution < -0.4 is 0 Å². The molecule has 0 saturated carbocycles. The summed E-state index contributed by atoms with van der Waals surface area (Å²) >= 11 is 0. The molecule has 1 heterocycles. The molecule has 1 fully saturated rings. The van der Waals surface area contributed by atoms with Crippen LogP contribution in [0.1, 0.15) is 32.6 Å². The maximum absolute atomic E-state index is 2.57. The summed E-state index contributed by atoms with van der Waals surface area (Å²) in [6, 6.07) is 0. The Morgan fingerprint density at radius 2 is 1.80 bits per heavy atom.